The first-order chi connectivity index (χ1) is 7.18. The summed E-state index contributed by atoms with van der Waals surface area (Å²) < 4.78 is 1.76. The first-order valence-electron chi connectivity index (χ1n) is 5.54. The molecule has 1 unspecified atom stereocenters. The molecule has 0 aliphatic heterocycles. The van der Waals surface area contributed by atoms with Gasteiger partial charge in [-0.05, 0) is 24.3 Å². The zero-order valence-electron chi connectivity index (χ0n) is 9.19. The minimum Gasteiger partial charge on any atom is -0.390 e. The van der Waals surface area contributed by atoms with Crippen molar-refractivity contribution in [2.45, 2.75) is 32.4 Å². The number of nitrogens with zero attached hydrogens (tertiary/aromatic N) is 2. The number of rotatable bonds is 6. The van der Waals surface area contributed by atoms with E-state index in [0.29, 0.717) is 18.5 Å². The van der Waals surface area contributed by atoms with Crippen LogP contribution in [0.3, 0.4) is 0 Å². The van der Waals surface area contributed by atoms with Crippen LogP contribution in [0.15, 0.2) is 18.5 Å². The van der Waals surface area contributed by atoms with E-state index in [0.717, 1.165) is 6.54 Å². The Kier molecular flexibility index (Phi) is 3.07. The van der Waals surface area contributed by atoms with E-state index in [9.17, 15) is 5.11 Å². The number of aliphatic hydroxyl groups is 1. The van der Waals surface area contributed by atoms with Gasteiger partial charge < -0.3 is 10.4 Å². The molecule has 1 aromatic rings. The Hall–Kier alpha value is -0.870. The summed E-state index contributed by atoms with van der Waals surface area (Å²) in [6.07, 6.45) is 5.87. The van der Waals surface area contributed by atoms with E-state index in [4.69, 9.17) is 0 Å². The molecule has 2 N–H and O–H groups in total. The standard InChI is InChI=1S/C11H19N3O/c1-11(3-4-11)9-12-7-10(15)8-14-6-2-5-13-14/h2,5-6,10,12,15H,3-4,7-9H2,1H3. The first-order valence-corrected chi connectivity index (χ1v) is 5.54. The van der Waals surface area contributed by atoms with Gasteiger partial charge >= 0.3 is 0 Å². The molecule has 2 rings (SSSR count). The molecule has 0 amide bonds. The number of nitrogens with one attached hydrogen (secondary N) is 1. The maximum Gasteiger partial charge on any atom is 0.0860 e. The topological polar surface area (TPSA) is 50.1 Å². The summed E-state index contributed by atoms with van der Waals surface area (Å²) in [5.41, 5.74) is 0.505. The van der Waals surface area contributed by atoms with E-state index >= 15 is 0 Å². The highest BCUT2D eigenvalue weighted by molar-refractivity contribution is 4.90. The van der Waals surface area contributed by atoms with Gasteiger partial charge in [-0.1, -0.05) is 6.92 Å². The Bertz CT molecular complexity index is 293. The maximum absolute atomic E-state index is 9.71. The predicted octanol–water partition coefficient (Wildman–Crippen LogP) is 0.634. The van der Waals surface area contributed by atoms with E-state index in [1.54, 1.807) is 10.9 Å². The van der Waals surface area contributed by atoms with E-state index in [-0.39, 0.29) is 6.10 Å². The molecule has 0 radical (unpaired) electrons. The van der Waals surface area contributed by atoms with Gasteiger partial charge in [0.2, 0.25) is 0 Å². The fourth-order valence-electron chi connectivity index (χ4n) is 1.62. The van der Waals surface area contributed by atoms with Crippen LogP contribution >= 0.6 is 0 Å². The Morgan fingerprint density at radius 3 is 3.00 bits per heavy atom. The van der Waals surface area contributed by atoms with Crippen molar-refractivity contribution >= 4 is 0 Å². The lowest BCUT2D eigenvalue weighted by molar-refractivity contribution is 0.145. The average molecular weight is 209 g/mol. The predicted molar refractivity (Wildman–Crippen MR) is 58.4 cm³/mol. The number of aromatic nitrogens is 2. The second kappa shape index (κ2) is 4.33. The summed E-state index contributed by atoms with van der Waals surface area (Å²) in [7, 11) is 0. The summed E-state index contributed by atoms with van der Waals surface area (Å²) in [5.74, 6) is 0. The largest absolute Gasteiger partial charge is 0.390 e. The Morgan fingerprint density at radius 2 is 2.40 bits per heavy atom. The molecule has 0 spiro atoms. The lowest BCUT2D eigenvalue weighted by Gasteiger charge is -2.14. The zero-order valence-corrected chi connectivity index (χ0v) is 9.19. The second-order valence-electron chi connectivity index (χ2n) is 4.82. The SMILES string of the molecule is CC1(CNCC(O)Cn2cccn2)CC1. The van der Waals surface area contributed by atoms with Gasteiger partial charge in [-0.25, -0.2) is 0 Å². The third-order valence-electron chi connectivity index (χ3n) is 2.99. The molecule has 1 saturated carbocycles. The van der Waals surface area contributed by atoms with Crippen molar-refractivity contribution in [2.24, 2.45) is 5.41 Å². The molecular formula is C11H19N3O. The monoisotopic (exact) mass is 209 g/mol. The molecular weight excluding hydrogens is 190 g/mol. The van der Waals surface area contributed by atoms with Crippen LogP contribution in [0.1, 0.15) is 19.8 Å². The van der Waals surface area contributed by atoms with Crippen molar-refractivity contribution in [3.8, 4) is 0 Å². The number of hydrogen-bond acceptors (Lipinski definition) is 3. The molecule has 0 saturated heterocycles. The molecule has 0 bridgehead atoms. The molecule has 1 aliphatic rings. The fraction of sp³-hybridized carbons (Fsp3) is 0.727. The minimum absolute atomic E-state index is 0.354. The highest BCUT2D eigenvalue weighted by Crippen LogP contribution is 2.43. The van der Waals surface area contributed by atoms with Crippen LogP contribution in [0.4, 0.5) is 0 Å². The third kappa shape index (κ3) is 3.32. The normalized spacial score (nSPS) is 20.1. The minimum atomic E-state index is -0.354. The summed E-state index contributed by atoms with van der Waals surface area (Å²) in [6.45, 7) is 4.51. The van der Waals surface area contributed by atoms with Gasteiger partial charge in [-0.15, -0.1) is 0 Å². The van der Waals surface area contributed by atoms with Crippen LogP contribution in [0.2, 0.25) is 0 Å². The van der Waals surface area contributed by atoms with E-state index < -0.39 is 0 Å². The molecule has 1 atom stereocenters. The van der Waals surface area contributed by atoms with Crippen molar-refractivity contribution < 1.29 is 5.11 Å². The Morgan fingerprint density at radius 1 is 1.60 bits per heavy atom. The van der Waals surface area contributed by atoms with Gasteiger partial charge in [0.05, 0.1) is 12.6 Å². The van der Waals surface area contributed by atoms with Crippen molar-refractivity contribution in [3.05, 3.63) is 18.5 Å². The molecule has 1 aromatic heterocycles. The molecule has 4 nitrogen and oxygen atoms in total. The third-order valence-corrected chi connectivity index (χ3v) is 2.99. The van der Waals surface area contributed by atoms with Gasteiger partial charge in [-0.2, -0.15) is 5.10 Å². The van der Waals surface area contributed by atoms with Gasteiger partial charge in [0.25, 0.3) is 0 Å². The first kappa shape index (κ1) is 10.6. The van der Waals surface area contributed by atoms with Crippen LogP contribution < -0.4 is 5.32 Å². The Labute approximate surface area is 90.3 Å². The summed E-state index contributed by atoms with van der Waals surface area (Å²) in [6, 6.07) is 1.87. The number of hydrogen-bond donors (Lipinski definition) is 2. The van der Waals surface area contributed by atoms with E-state index in [1.165, 1.54) is 12.8 Å². The number of aliphatic hydroxyl groups excluding tert-OH is 1. The van der Waals surface area contributed by atoms with Crippen molar-refractivity contribution in [2.75, 3.05) is 13.1 Å². The van der Waals surface area contributed by atoms with E-state index in [2.05, 4.69) is 17.3 Å². The van der Waals surface area contributed by atoms with Crippen LogP contribution in [-0.2, 0) is 6.54 Å². The highest BCUT2D eigenvalue weighted by atomic mass is 16.3. The van der Waals surface area contributed by atoms with Gasteiger partial charge in [0.1, 0.15) is 0 Å². The molecule has 1 heterocycles. The molecule has 4 heteroatoms. The van der Waals surface area contributed by atoms with Crippen molar-refractivity contribution in [1.82, 2.24) is 15.1 Å². The zero-order chi connectivity index (χ0) is 10.7. The van der Waals surface area contributed by atoms with Crippen LogP contribution in [0, 0.1) is 5.41 Å². The van der Waals surface area contributed by atoms with E-state index in [1.807, 2.05) is 12.3 Å². The average Bonchev–Trinajstić information content (AvgIpc) is 2.73. The highest BCUT2D eigenvalue weighted by Gasteiger charge is 2.36. The lowest BCUT2D eigenvalue weighted by Crippen LogP contribution is -2.33. The summed E-state index contributed by atoms with van der Waals surface area (Å²) >= 11 is 0. The van der Waals surface area contributed by atoms with Gasteiger partial charge in [0, 0.05) is 25.5 Å². The van der Waals surface area contributed by atoms with Crippen LogP contribution in [0.25, 0.3) is 0 Å². The van der Waals surface area contributed by atoms with Crippen LogP contribution in [-0.4, -0.2) is 34.1 Å². The smallest absolute Gasteiger partial charge is 0.0860 e. The second-order valence-corrected chi connectivity index (χ2v) is 4.82. The quantitative estimate of drug-likeness (QED) is 0.722. The molecule has 1 aliphatic carbocycles. The molecule has 0 aromatic carbocycles. The van der Waals surface area contributed by atoms with Gasteiger partial charge in [-0.3, -0.25) is 4.68 Å². The Balaban J connectivity index is 1.62. The lowest BCUT2D eigenvalue weighted by atomic mass is 10.1. The molecule has 15 heavy (non-hydrogen) atoms. The summed E-state index contributed by atoms with van der Waals surface area (Å²) in [5, 5.41) is 17.1. The van der Waals surface area contributed by atoms with Crippen molar-refractivity contribution in [3.63, 3.8) is 0 Å². The van der Waals surface area contributed by atoms with Gasteiger partial charge in [0.15, 0.2) is 0 Å². The van der Waals surface area contributed by atoms with Crippen LogP contribution in [0.5, 0.6) is 0 Å². The summed E-state index contributed by atoms with van der Waals surface area (Å²) in [4.78, 5) is 0. The maximum atomic E-state index is 9.71. The molecule has 84 valence electrons. The fourth-order valence-corrected chi connectivity index (χ4v) is 1.62. The van der Waals surface area contributed by atoms with Crippen molar-refractivity contribution in [1.29, 1.82) is 0 Å². The molecule has 1 fully saturated rings.